The van der Waals surface area contributed by atoms with Crippen molar-refractivity contribution in [1.82, 2.24) is 5.32 Å². The van der Waals surface area contributed by atoms with Gasteiger partial charge in [0.15, 0.2) is 0 Å². The molecule has 1 aromatic carbocycles. The zero-order valence-corrected chi connectivity index (χ0v) is 10.6. The Morgan fingerprint density at radius 2 is 2.16 bits per heavy atom. The molecule has 1 atom stereocenters. The number of aliphatic hydroxyl groups excluding tert-OH is 1. The van der Waals surface area contributed by atoms with Crippen molar-refractivity contribution in [3.63, 3.8) is 0 Å². The van der Waals surface area contributed by atoms with E-state index in [9.17, 15) is 9.59 Å². The zero-order valence-electron chi connectivity index (χ0n) is 10.6. The molecule has 1 unspecified atom stereocenters. The lowest BCUT2D eigenvalue weighted by atomic mass is 10.2. The van der Waals surface area contributed by atoms with E-state index in [4.69, 9.17) is 11.5 Å². The fourth-order valence-corrected chi connectivity index (χ4v) is 1.35. The van der Waals surface area contributed by atoms with Crippen molar-refractivity contribution in [1.29, 1.82) is 0 Å². The monoisotopic (exact) mass is 260 g/mol. The molecular weight excluding hydrogens is 244 g/mol. The molecule has 5 nitrogen and oxygen atoms in total. The zero-order chi connectivity index (χ0) is 14.3. The highest BCUT2D eigenvalue weighted by Crippen LogP contribution is 2.09. The van der Waals surface area contributed by atoms with Crippen LogP contribution in [0, 0.1) is 12.3 Å². The Hall–Kier alpha value is -2.32. The van der Waals surface area contributed by atoms with Crippen LogP contribution in [0.3, 0.4) is 0 Å². The highest BCUT2D eigenvalue weighted by Gasteiger charge is 2.13. The molecule has 0 saturated heterocycles. The molecule has 0 fully saturated rings. The van der Waals surface area contributed by atoms with Crippen molar-refractivity contribution < 1.29 is 14.7 Å². The lowest BCUT2D eigenvalue weighted by molar-refractivity contribution is -0.136. The molecule has 1 rings (SSSR count). The molecule has 0 bridgehead atoms. The Morgan fingerprint density at radius 1 is 1.42 bits per heavy atom. The molecule has 0 radical (unpaired) electrons. The summed E-state index contributed by atoms with van der Waals surface area (Å²) in [7, 11) is 0. The standard InChI is InChI=1S/C14H16N2O3/c1-3-11-5-4-6-12(9-11)16-14(19)13(18)15-8-7-10(2)17/h1,4-6,9-10,17H,7-8H2,2H3,(H,15,18)(H,16,19). The maximum absolute atomic E-state index is 11.6. The number of aliphatic hydroxyl groups is 1. The van der Waals surface area contributed by atoms with E-state index in [1.165, 1.54) is 0 Å². The molecule has 0 aliphatic rings. The minimum atomic E-state index is -0.764. The normalized spacial score (nSPS) is 11.2. The topological polar surface area (TPSA) is 78.4 Å². The summed E-state index contributed by atoms with van der Waals surface area (Å²) in [6.07, 6.45) is 5.11. The van der Waals surface area contributed by atoms with Crippen molar-refractivity contribution in [2.45, 2.75) is 19.4 Å². The quantitative estimate of drug-likeness (QED) is 0.544. The molecule has 0 aliphatic heterocycles. The number of nitrogens with one attached hydrogen (secondary N) is 2. The first kappa shape index (κ1) is 14.7. The maximum atomic E-state index is 11.6. The highest BCUT2D eigenvalue weighted by atomic mass is 16.3. The first-order chi connectivity index (χ1) is 9.02. The predicted octanol–water partition coefficient (Wildman–Crippen LogP) is 0.494. The number of rotatable bonds is 4. The summed E-state index contributed by atoms with van der Waals surface area (Å²) in [5.41, 5.74) is 1.08. The van der Waals surface area contributed by atoms with E-state index in [1.807, 2.05) is 0 Å². The summed E-state index contributed by atoms with van der Waals surface area (Å²) in [6.45, 7) is 1.85. The molecular formula is C14H16N2O3. The molecule has 2 amide bonds. The van der Waals surface area contributed by atoms with Crippen LogP contribution in [0.5, 0.6) is 0 Å². The van der Waals surface area contributed by atoms with Crippen LogP contribution in [0.15, 0.2) is 24.3 Å². The third-order valence-electron chi connectivity index (χ3n) is 2.34. The van der Waals surface area contributed by atoms with E-state index in [0.29, 0.717) is 17.7 Å². The molecule has 0 aromatic heterocycles. The smallest absolute Gasteiger partial charge is 0.313 e. The number of hydrogen-bond donors (Lipinski definition) is 3. The lowest BCUT2D eigenvalue weighted by Gasteiger charge is -2.07. The molecule has 3 N–H and O–H groups in total. The van der Waals surface area contributed by atoms with Crippen LogP contribution in [0.4, 0.5) is 5.69 Å². The van der Waals surface area contributed by atoms with E-state index in [-0.39, 0.29) is 6.54 Å². The van der Waals surface area contributed by atoms with Gasteiger partial charge in [0.25, 0.3) is 0 Å². The van der Waals surface area contributed by atoms with Crippen molar-refractivity contribution in [3.8, 4) is 12.3 Å². The average Bonchev–Trinajstić information content (AvgIpc) is 2.38. The number of anilines is 1. The summed E-state index contributed by atoms with van der Waals surface area (Å²) in [5.74, 6) is 0.929. The number of terminal acetylenes is 1. The van der Waals surface area contributed by atoms with Crippen LogP contribution in [0.1, 0.15) is 18.9 Å². The third-order valence-corrected chi connectivity index (χ3v) is 2.34. The second-order valence-electron chi connectivity index (χ2n) is 4.07. The van der Waals surface area contributed by atoms with Crippen molar-refractivity contribution in [2.75, 3.05) is 11.9 Å². The van der Waals surface area contributed by atoms with Gasteiger partial charge in [-0.2, -0.15) is 0 Å². The second kappa shape index (κ2) is 7.19. The number of carbonyl (C=O) groups is 2. The summed E-state index contributed by atoms with van der Waals surface area (Å²) >= 11 is 0. The largest absolute Gasteiger partial charge is 0.393 e. The molecule has 5 heteroatoms. The maximum Gasteiger partial charge on any atom is 0.313 e. The lowest BCUT2D eigenvalue weighted by Crippen LogP contribution is -2.36. The minimum Gasteiger partial charge on any atom is -0.393 e. The molecule has 0 aliphatic carbocycles. The first-order valence-electron chi connectivity index (χ1n) is 5.87. The summed E-state index contributed by atoms with van der Waals surface area (Å²) in [6, 6.07) is 6.65. The third kappa shape index (κ3) is 5.23. The van der Waals surface area contributed by atoms with Gasteiger partial charge in [-0.3, -0.25) is 9.59 Å². The molecule has 19 heavy (non-hydrogen) atoms. The van der Waals surface area contributed by atoms with Crippen LogP contribution in [0.2, 0.25) is 0 Å². The average molecular weight is 260 g/mol. The van der Waals surface area contributed by atoms with Crippen LogP contribution < -0.4 is 10.6 Å². The Morgan fingerprint density at radius 3 is 2.79 bits per heavy atom. The Kier molecular flexibility index (Phi) is 5.58. The van der Waals surface area contributed by atoms with Gasteiger partial charge < -0.3 is 15.7 Å². The van der Waals surface area contributed by atoms with Gasteiger partial charge in [0.2, 0.25) is 0 Å². The summed E-state index contributed by atoms with van der Waals surface area (Å²) in [4.78, 5) is 23.0. The van der Waals surface area contributed by atoms with Crippen molar-refractivity contribution >= 4 is 17.5 Å². The Bertz CT molecular complexity index is 504. The molecule has 1 aromatic rings. The Labute approximate surface area is 112 Å². The van der Waals surface area contributed by atoms with Crippen LogP contribution in [-0.4, -0.2) is 29.6 Å². The van der Waals surface area contributed by atoms with Gasteiger partial charge in [-0.1, -0.05) is 12.0 Å². The molecule has 0 saturated carbocycles. The minimum absolute atomic E-state index is 0.244. The van der Waals surface area contributed by atoms with Gasteiger partial charge >= 0.3 is 11.8 Å². The van der Waals surface area contributed by atoms with Crippen LogP contribution in [-0.2, 0) is 9.59 Å². The Balaban J connectivity index is 2.50. The number of benzene rings is 1. The SMILES string of the molecule is C#Cc1cccc(NC(=O)C(=O)NCCC(C)O)c1. The van der Waals surface area contributed by atoms with Gasteiger partial charge in [-0.25, -0.2) is 0 Å². The molecule has 0 spiro atoms. The fourth-order valence-electron chi connectivity index (χ4n) is 1.35. The number of amides is 2. The van der Waals surface area contributed by atoms with Crippen LogP contribution >= 0.6 is 0 Å². The predicted molar refractivity (Wildman–Crippen MR) is 72.3 cm³/mol. The first-order valence-corrected chi connectivity index (χ1v) is 5.87. The van der Waals surface area contributed by atoms with Gasteiger partial charge in [0, 0.05) is 17.8 Å². The highest BCUT2D eigenvalue weighted by molar-refractivity contribution is 6.39. The molecule has 100 valence electrons. The molecule has 0 heterocycles. The van der Waals surface area contributed by atoms with Gasteiger partial charge in [0.05, 0.1) is 6.10 Å². The van der Waals surface area contributed by atoms with Crippen molar-refractivity contribution in [2.24, 2.45) is 0 Å². The van der Waals surface area contributed by atoms with E-state index < -0.39 is 17.9 Å². The second-order valence-corrected chi connectivity index (χ2v) is 4.07. The van der Waals surface area contributed by atoms with Crippen molar-refractivity contribution in [3.05, 3.63) is 29.8 Å². The number of carbonyl (C=O) groups excluding carboxylic acids is 2. The van der Waals surface area contributed by atoms with E-state index in [2.05, 4.69) is 16.6 Å². The van der Waals surface area contributed by atoms with Gasteiger partial charge in [-0.15, -0.1) is 6.42 Å². The van der Waals surface area contributed by atoms with Crippen LogP contribution in [0.25, 0.3) is 0 Å². The summed E-state index contributed by atoms with van der Waals surface area (Å²) in [5, 5.41) is 13.9. The van der Waals surface area contributed by atoms with E-state index in [1.54, 1.807) is 31.2 Å². The van der Waals surface area contributed by atoms with Gasteiger partial charge in [0.1, 0.15) is 0 Å². The fraction of sp³-hybridized carbons (Fsp3) is 0.286. The van der Waals surface area contributed by atoms with Gasteiger partial charge in [-0.05, 0) is 31.5 Å². The van der Waals surface area contributed by atoms with E-state index >= 15 is 0 Å². The summed E-state index contributed by atoms with van der Waals surface area (Å²) < 4.78 is 0. The van der Waals surface area contributed by atoms with E-state index in [0.717, 1.165) is 0 Å². The number of hydrogen-bond acceptors (Lipinski definition) is 3.